The van der Waals surface area contributed by atoms with Gasteiger partial charge in [0.25, 0.3) is 5.91 Å². The summed E-state index contributed by atoms with van der Waals surface area (Å²) in [6.45, 7) is 4.76. The topological polar surface area (TPSA) is 70.6 Å². The molecule has 20 heavy (non-hydrogen) atoms. The first kappa shape index (κ1) is 14.7. The van der Waals surface area contributed by atoms with Gasteiger partial charge >= 0.3 is 0 Å². The maximum Gasteiger partial charge on any atom is 0.255 e. The van der Waals surface area contributed by atoms with Crippen molar-refractivity contribution < 1.29 is 14.6 Å². The average molecular weight is 278 g/mol. The Labute approximate surface area is 119 Å². The SMILES string of the molecule is COc1cccc(C(=O)NCC2(C)CCNCC2)c1O. The van der Waals surface area contributed by atoms with Crippen LogP contribution < -0.4 is 15.4 Å². The number of aromatic hydroxyl groups is 1. The van der Waals surface area contributed by atoms with E-state index in [1.54, 1.807) is 18.2 Å². The molecular weight excluding hydrogens is 256 g/mol. The third-order valence-electron chi connectivity index (χ3n) is 3.95. The van der Waals surface area contributed by atoms with Crippen molar-refractivity contribution in [3.8, 4) is 11.5 Å². The molecule has 0 bridgehead atoms. The Hall–Kier alpha value is -1.75. The molecule has 0 saturated carbocycles. The molecule has 110 valence electrons. The Morgan fingerprint density at radius 1 is 1.45 bits per heavy atom. The minimum Gasteiger partial charge on any atom is -0.504 e. The minimum absolute atomic E-state index is 0.108. The van der Waals surface area contributed by atoms with Crippen LogP contribution in [0.3, 0.4) is 0 Å². The molecule has 1 aliphatic heterocycles. The van der Waals surface area contributed by atoms with Crippen LogP contribution in [0.15, 0.2) is 18.2 Å². The first-order valence-electron chi connectivity index (χ1n) is 6.91. The summed E-state index contributed by atoms with van der Waals surface area (Å²) in [4.78, 5) is 12.2. The second-order valence-corrected chi connectivity index (χ2v) is 5.60. The fraction of sp³-hybridized carbons (Fsp3) is 0.533. The lowest BCUT2D eigenvalue weighted by Crippen LogP contribution is -2.42. The molecular formula is C15H22N2O3. The van der Waals surface area contributed by atoms with Gasteiger partial charge in [0.1, 0.15) is 0 Å². The summed E-state index contributed by atoms with van der Waals surface area (Å²) in [5.41, 5.74) is 0.372. The number of hydrogen-bond donors (Lipinski definition) is 3. The van der Waals surface area contributed by atoms with E-state index in [4.69, 9.17) is 4.74 Å². The molecule has 1 aromatic rings. The Morgan fingerprint density at radius 2 is 2.15 bits per heavy atom. The van der Waals surface area contributed by atoms with Gasteiger partial charge in [-0.3, -0.25) is 4.79 Å². The van der Waals surface area contributed by atoms with E-state index in [2.05, 4.69) is 17.6 Å². The third kappa shape index (κ3) is 3.22. The second-order valence-electron chi connectivity index (χ2n) is 5.60. The molecule has 1 amide bonds. The highest BCUT2D eigenvalue weighted by molar-refractivity contribution is 5.97. The number of piperidine rings is 1. The lowest BCUT2D eigenvalue weighted by Gasteiger charge is -2.34. The number of methoxy groups -OCH3 is 1. The first-order chi connectivity index (χ1) is 9.56. The fourth-order valence-corrected chi connectivity index (χ4v) is 2.47. The zero-order valence-electron chi connectivity index (χ0n) is 12.0. The molecule has 0 radical (unpaired) electrons. The van der Waals surface area contributed by atoms with Crippen molar-refractivity contribution >= 4 is 5.91 Å². The lowest BCUT2D eigenvalue weighted by molar-refractivity contribution is 0.0919. The molecule has 2 rings (SSSR count). The van der Waals surface area contributed by atoms with E-state index in [9.17, 15) is 9.90 Å². The van der Waals surface area contributed by atoms with Crippen molar-refractivity contribution in [3.05, 3.63) is 23.8 Å². The lowest BCUT2D eigenvalue weighted by atomic mass is 9.81. The molecule has 3 N–H and O–H groups in total. The van der Waals surface area contributed by atoms with Crippen LogP contribution in [0, 0.1) is 5.41 Å². The highest BCUT2D eigenvalue weighted by Crippen LogP contribution is 2.30. The van der Waals surface area contributed by atoms with Crippen LogP contribution in [0.1, 0.15) is 30.1 Å². The molecule has 0 unspecified atom stereocenters. The Kier molecular flexibility index (Phi) is 4.49. The molecule has 0 spiro atoms. The van der Waals surface area contributed by atoms with Crippen LogP contribution in [0.5, 0.6) is 11.5 Å². The standard InChI is InChI=1S/C15H22N2O3/c1-15(6-8-16-9-7-15)10-17-14(19)11-4-3-5-12(20-2)13(11)18/h3-5,16,18H,6-10H2,1-2H3,(H,17,19). The van der Waals surface area contributed by atoms with Crippen LogP contribution in [0.4, 0.5) is 0 Å². The van der Waals surface area contributed by atoms with Crippen molar-refractivity contribution in [2.45, 2.75) is 19.8 Å². The van der Waals surface area contributed by atoms with Gasteiger partial charge in [0.15, 0.2) is 11.5 Å². The van der Waals surface area contributed by atoms with Gasteiger partial charge < -0.3 is 20.5 Å². The number of nitrogens with one attached hydrogen (secondary N) is 2. The Bertz CT molecular complexity index is 482. The predicted molar refractivity (Wildman–Crippen MR) is 77.2 cm³/mol. The number of benzene rings is 1. The number of rotatable bonds is 4. The molecule has 1 saturated heterocycles. The number of carbonyl (C=O) groups excluding carboxylic acids is 1. The minimum atomic E-state index is -0.263. The highest BCUT2D eigenvalue weighted by Gasteiger charge is 2.27. The zero-order chi connectivity index (χ0) is 14.6. The van der Waals surface area contributed by atoms with E-state index in [-0.39, 0.29) is 22.6 Å². The van der Waals surface area contributed by atoms with Crippen LogP contribution in [-0.4, -0.2) is 37.8 Å². The van der Waals surface area contributed by atoms with E-state index in [1.165, 1.54) is 7.11 Å². The van der Waals surface area contributed by atoms with Crippen molar-refractivity contribution in [2.75, 3.05) is 26.7 Å². The summed E-state index contributed by atoms with van der Waals surface area (Å²) >= 11 is 0. The average Bonchev–Trinajstić information content (AvgIpc) is 2.46. The molecule has 0 atom stereocenters. The van der Waals surface area contributed by atoms with Crippen molar-refractivity contribution in [1.82, 2.24) is 10.6 Å². The number of phenols is 1. The Morgan fingerprint density at radius 3 is 2.80 bits per heavy atom. The van der Waals surface area contributed by atoms with Crippen LogP contribution in [0.25, 0.3) is 0 Å². The molecule has 1 fully saturated rings. The highest BCUT2D eigenvalue weighted by atomic mass is 16.5. The molecule has 0 aliphatic carbocycles. The Balaban J connectivity index is 2.01. The molecule has 0 aromatic heterocycles. The van der Waals surface area contributed by atoms with Gasteiger partial charge in [-0.2, -0.15) is 0 Å². The maximum atomic E-state index is 12.2. The molecule has 5 heteroatoms. The van der Waals surface area contributed by atoms with E-state index in [0.717, 1.165) is 25.9 Å². The van der Waals surface area contributed by atoms with Crippen LogP contribution in [-0.2, 0) is 0 Å². The van der Waals surface area contributed by atoms with E-state index < -0.39 is 0 Å². The summed E-state index contributed by atoms with van der Waals surface area (Å²) in [5, 5.41) is 16.2. The summed E-state index contributed by atoms with van der Waals surface area (Å²) in [6.07, 6.45) is 2.08. The van der Waals surface area contributed by atoms with Gasteiger partial charge in [0, 0.05) is 6.54 Å². The summed E-state index contributed by atoms with van der Waals surface area (Å²) < 4.78 is 5.01. The maximum absolute atomic E-state index is 12.2. The largest absolute Gasteiger partial charge is 0.504 e. The second kappa shape index (κ2) is 6.13. The normalized spacial score (nSPS) is 17.5. The summed E-state index contributed by atoms with van der Waals surface area (Å²) in [5.74, 6) is -0.0603. The number of carbonyl (C=O) groups is 1. The van der Waals surface area contributed by atoms with Crippen LogP contribution in [0.2, 0.25) is 0 Å². The zero-order valence-corrected chi connectivity index (χ0v) is 12.0. The van der Waals surface area contributed by atoms with Gasteiger partial charge in [-0.05, 0) is 43.5 Å². The molecule has 1 heterocycles. The van der Waals surface area contributed by atoms with Crippen molar-refractivity contribution in [2.24, 2.45) is 5.41 Å². The monoisotopic (exact) mass is 278 g/mol. The van der Waals surface area contributed by atoms with Gasteiger partial charge in [-0.25, -0.2) is 0 Å². The number of hydrogen-bond acceptors (Lipinski definition) is 4. The smallest absolute Gasteiger partial charge is 0.255 e. The van der Waals surface area contributed by atoms with Gasteiger partial charge in [0.2, 0.25) is 0 Å². The van der Waals surface area contributed by atoms with Crippen molar-refractivity contribution in [1.29, 1.82) is 0 Å². The van der Waals surface area contributed by atoms with Gasteiger partial charge in [-0.1, -0.05) is 13.0 Å². The summed E-state index contributed by atoms with van der Waals surface area (Å²) in [7, 11) is 1.47. The third-order valence-corrected chi connectivity index (χ3v) is 3.95. The fourth-order valence-electron chi connectivity index (χ4n) is 2.47. The number of ether oxygens (including phenoxy) is 1. The number of para-hydroxylation sites is 1. The summed E-state index contributed by atoms with van der Waals surface area (Å²) in [6, 6.07) is 4.91. The molecule has 1 aromatic carbocycles. The first-order valence-corrected chi connectivity index (χ1v) is 6.91. The predicted octanol–water partition coefficient (Wildman–Crippen LogP) is 1.52. The number of phenolic OH excluding ortho intramolecular Hbond substituents is 1. The molecule has 5 nitrogen and oxygen atoms in total. The number of amides is 1. The van der Waals surface area contributed by atoms with E-state index in [1.807, 2.05) is 0 Å². The van der Waals surface area contributed by atoms with Gasteiger partial charge in [-0.15, -0.1) is 0 Å². The van der Waals surface area contributed by atoms with E-state index >= 15 is 0 Å². The van der Waals surface area contributed by atoms with Crippen molar-refractivity contribution in [3.63, 3.8) is 0 Å². The quantitative estimate of drug-likeness (QED) is 0.781. The van der Waals surface area contributed by atoms with E-state index in [0.29, 0.717) is 12.3 Å². The van der Waals surface area contributed by atoms with Crippen LogP contribution >= 0.6 is 0 Å². The molecule has 1 aliphatic rings. The van der Waals surface area contributed by atoms with Gasteiger partial charge in [0.05, 0.1) is 12.7 Å².